The van der Waals surface area contributed by atoms with E-state index in [1.807, 2.05) is 6.92 Å². The molecule has 0 spiro atoms. The van der Waals surface area contributed by atoms with Crippen molar-refractivity contribution in [1.29, 1.82) is 0 Å². The normalized spacial score (nSPS) is 10.3. The smallest absolute Gasteiger partial charge is 0.307 e. The molecule has 0 aliphatic rings. The van der Waals surface area contributed by atoms with Crippen LogP contribution in [0.1, 0.15) is 18.9 Å². The van der Waals surface area contributed by atoms with Crippen LogP contribution in [0, 0.1) is 17.0 Å². The van der Waals surface area contributed by atoms with E-state index in [-0.39, 0.29) is 5.69 Å². The van der Waals surface area contributed by atoms with Gasteiger partial charge in [0, 0.05) is 24.9 Å². The van der Waals surface area contributed by atoms with Crippen LogP contribution in [0.25, 0.3) is 0 Å². The lowest BCUT2D eigenvalue weighted by Crippen LogP contribution is -2.19. The van der Waals surface area contributed by atoms with Gasteiger partial charge in [-0.05, 0) is 18.9 Å². The molecule has 2 aromatic rings. The summed E-state index contributed by atoms with van der Waals surface area (Å²) in [6.07, 6.45) is 4.22. The van der Waals surface area contributed by atoms with Gasteiger partial charge in [-0.2, -0.15) is 5.10 Å². The van der Waals surface area contributed by atoms with E-state index in [0.717, 1.165) is 18.5 Å². The van der Waals surface area contributed by atoms with Gasteiger partial charge in [-0.3, -0.25) is 14.8 Å². The van der Waals surface area contributed by atoms with Gasteiger partial charge < -0.3 is 10.6 Å². The summed E-state index contributed by atoms with van der Waals surface area (Å²) in [5, 5.41) is 20.1. The molecule has 0 saturated heterocycles. The zero-order valence-corrected chi connectivity index (χ0v) is 12.4. The second-order valence-corrected chi connectivity index (χ2v) is 4.83. The molecule has 2 amide bonds. The molecule has 1 heterocycles. The molecule has 0 aliphatic heterocycles. The first kappa shape index (κ1) is 15.5. The highest BCUT2D eigenvalue weighted by Crippen LogP contribution is 2.22. The van der Waals surface area contributed by atoms with Crippen LogP contribution in [0.3, 0.4) is 0 Å². The highest BCUT2D eigenvalue weighted by molar-refractivity contribution is 6.00. The molecule has 0 radical (unpaired) electrons. The average Bonchev–Trinajstić information content (AvgIpc) is 2.88. The summed E-state index contributed by atoms with van der Waals surface area (Å²) in [6, 6.07) is 3.84. The van der Waals surface area contributed by atoms with Gasteiger partial charge in [-0.25, -0.2) is 4.79 Å². The summed E-state index contributed by atoms with van der Waals surface area (Å²) < 4.78 is 1.73. The minimum absolute atomic E-state index is 0.0725. The van der Waals surface area contributed by atoms with Crippen molar-refractivity contribution in [1.82, 2.24) is 9.78 Å². The van der Waals surface area contributed by atoms with E-state index in [2.05, 4.69) is 15.7 Å². The molecule has 0 atom stereocenters. The topological polar surface area (TPSA) is 102 Å². The van der Waals surface area contributed by atoms with Gasteiger partial charge in [0.15, 0.2) is 0 Å². The molecule has 1 aromatic carbocycles. The summed E-state index contributed by atoms with van der Waals surface area (Å²) in [4.78, 5) is 22.2. The Bertz CT molecular complexity index is 696. The fourth-order valence-electron chi connectivity index (χ4n) is 1.92. The third-order valence-corrected chi connectivity index (χ3v) is 3.02. The summed E-state index contributed by atoms with van der Waals surface area (Å²) in [7, 11) is 0. The predicted molar refractivity (Wildman–Crippen MR) is 83.0 cm³/mol. The van der Waals surface area contributed by atoms with Crippen LogP contribution in [0.15, 0.2) is 30.6 Å². The molecule has 0 bridgehead atoms. The fraction of sp³-hybridized carbons (Fsp3) is 0.286. The summed E-state index contributed by atoms with van der Waals surface area (Å²) >= 11 is 0. The van der Waals surface area contributed by atoms with Gasteiger partial charge in [0.1, 0.15) is 0 Å². The van der Waals surface area contributed by atoms with Gasteiger partial charge in [0.25, 0.3) is 5.69 Å². The van der Waals surface area contributed by atoms with Crippen LogP contribution in [0.4, 0.5) is 21.9 Å². The zero-order valence-electron chi connectivity index (χ0n) is 12.4. The maximum Gasteiger partial charge on any atom is 0.323 e. The summed E-state index contributed by atoms with van der Waals surface area (Å²) in [5.41, 5.74) is 1.63. The van der Waals surface area contributed by atoms with E-state index in [4.69, 9.17) is 0 Å². The number of nitro benzene ring substituents is 1. The van der Waals surface area contributed by atoms with Gasteiger partial charge in [0.2, 0.25) is 0 Å². The molecule has 2 N–H and O–H groups in total. The van der Waals surface area contributed by atoms with E-state index in [0.29, 0.717) is 11.4 Å². The van der Waals surface area contributed by atoms with E-state index >= 15 is 0 Å². The van der Waals surface area contributed by atoms with E-state index in [1.165, 1.54) is 12.1 Å². The zero-order chi connectivity index (χ0) is 16.1. The largest absolute Gasteiger partial charge is 0.323 e. The number of hydrogen-bond donors (Lipinski definition) is 2. The number of amides is 2. The lowest BCUT2D eigenvalue weighted by Gasteiger charge is -2.08. The third kappa shape index (κ3) is 3.81. The maximum atomic E-state index is 12.0. The third-order valence-electron chi connectivity index (χ3n) is 3.02. The van der Waals surface area contributed by atoms with Crippen LogP contribution in [-0.2, 0) is 6.54 Å². The molecule has 0 fully saturated rings. The van der Waals surface area contributed by atoms with Crippen LogP contribution >= 0.6 is 0 Å². The molecular formula is C14H17N5O3. The van der Waals surface area contributed by atoms with Crippen LogP contribution in [0.5, 0.6) is 0 Å². The summed E-state index contributed by atoms with van der Waals surface area (Å²) in [5.74, 6) is 0. The second kappa shape index (κ2) is 6.70. The van der Waals surface area contributed by atoms with Gasteiger partial charge in [-0.1, -0.05) is 13.0 Å². The number of nitrogens with zero attached hydrogens (tertiary/aromatic N) is 3. The molecule has 116 valence electrons. The Morgan fingerprint density at radius 2 is 2.18 bits per heavy atom. The molecule has 8 heteroatoms. The van der Waals surface area contributed by atoms with Gasteiger partial charge >= 0.3 is 6.03 Å². The maximum absolute atomic E-state index is 12.0. The van der Waals surface area contributed by atoms with Gasteiger partial charge in [-0.15, -0.1) is 0 Å². The molecule has 0 saturated carbocycles. The fourth-order valence-corrected chi connectivity index (χ4v) is 1.92. The SMILES string of the molecule is CCCn1cc(NC(=O)Nc2cc([N+](=O)[O-])ccc2C)cn1. The number of aromatic nitrogens is 2. The van der Waals surface area contributed by atoms with Crippen molar-refractivity contribution in [3.63, 3.8) is 0 Å². The lowest BCUT2D eigenvalue weighted by atomic mass is 10.2. The molecule has 22 heavy (non-hydrogen) atoms. The van der Waals surface area contributed by atoms with Gasteiger partial charge in [0.05, 0.1) is 22.5 Å². The predicted octanol–water partition coefficient (Wildman–Crippen LogP) is 3.15. The number of aryl methyl sites for hydroxylation is 2. The molecule has 2 rings (SSSR count). The van der Waals surface area contributed by atoms with Crippen molar-refractivity contribution >= 4 is 23.1 Å². The number of hydrogen-bond acceptors (Lipinski definition) is 4. The Labute approximate surface area is 127 Å². The first-order valence-corrected chi connectivity index (χ1v) is 6.85. The van der Waals surface area contributed by atoms with Crippen molar-refractivity contribution in [3.05, 3.63) is 46.3 Å². The first-order valence-electron chi connectivity index (χ1n) is 6.85. The molecule has 0 aliphatic carbocycles. The van der Waals surface area contributed by atoms with E-state index in [9.17, 15) is 14.9 Å². The Morgan fingerprint density at radius 1 is 1.41 bits per heavy atom. The minimum Gasteiger partial charge on any atom is -0.307 e. The number of anilines is 2. The molecular weight excluding hydrogens is 286 g/mol. The Balaban J connectivity index is 2.05. The lowest BCUT2D eigenvalue weighted by molar-refractivity contribution is -0.384. The Kier molecular flexibility index (Phi) is 4.72. The average molecular weight is 303 g/mol. The van der Waals surface area contributed by atoms with Crippen molar-refractivity contribution in [2.75, 3.05) is 10.6 Å². The second-order valence-electron chi connectivity index (χ2n) is 4.83. The number of nitrogens with one attached hydrogen (secondary N) is 2. The number of carbonyl (C=O) groups is 1. The van der Waals surface area contributed by atoms with Crippen molar-refractivity contribution in [3.8, 4) is 0 Å². The number of carbonyl (C=O) groups excluding carboxylic acids is 1. The standard InChI is InChI=1S/C14H17N5O3/c1-3-6-18-9-11(8-15-18)16-14(20)17-13-7-12(19(21)22)5-4-10(13)2/h4-5,7-9H,3,6H2,1-2H3,(H2,16,17,20). The highest BCUT2D eigenvalue weighted by atomic mass is 16.6. The number of non-ortho nitro benzene ring substituents is 1. The summed E-state index contributed by atoms with van der Waals surface area (Å²) in [6.45, 7) is 4.57. The monoisotopic (exact) mass is 303 g/mol. The van der Waals surface area contributed by atoms with Crippen molar-refractivity contribution in [2.45, 2.75) is 26.8 Å². The molecule has 8 nitrogen and oxygen atoms in total. The Hall–Kier alpha value is -2.90. The number of urea groups is 1. The number of nitro groups is 1. The van der Waals surface area contributed by atoms with Crippen LogP contribution in [0.2, 0.25) is 0 Å². The Morgan fingerprint density at radius 3 is 2.86 bits per heavy atom. The number of rotatable bonds is 5. The van der Waals surface area contributed by atoms with Crippen molar-refractivity contribution < 1.29 is 9.72 Å². The highest BCUT2D eigenvalue weighted by Gasteiger charge is 2.11. The molecule has 0 unspecified atom stereocenters. The minimum atomic E-state index is -0.503. The first-order chi connectivity index (χ1) is 10.5. The number of benzene rings is 1. The quantitative estimate of drug-likeness (QED) is 0.654. The van der Waals surface area contributed by atoms with E-state index in [1.54, 1.807) is 30.1 Å². The van der Waals surface area contributed by atoms with Crippen molar-refractivity contribution in [2.24, 2.45) is 0 Å². The van der Waals surface area contributed by atoms with Crippen LogP contribution in [-0.4, -0.2) is 20.7 Å². The molecule has 1 aromatic heterocycles. The van der Waals surface area contributed by atoms with Crippen LogP contribution < -0.4 is 10.6 Å². The van der Waals surface area contributed by atoms with E-state index < -0.39 is 11.0 Å².